The number of nitrogens with one attached hydrogen (secondary N) is 1. The summed E-state index contributed by atoms with van der Waals surface area (Å²) in [5.74, 6) is -0.408. The lowest BCUT2D eigenvalue weighted by molar-refractivity contribution is -0.403. The SMILES string of the molecule is CCCCCCCCCCCCCCCCCC(=O)N[C@@H](CO[C@@H]1O[C@H](CO)[C@](O)([C@@H]2O[C@H](CO)[C@H](O)[C@H](O)[C@H]2O)[C@H](O[C@H]2O[C@H](C)[C@H](O)[C@H](O)[C@H]2O)[C@H]1O)[C@H](O)C(O)CCCCCCCCCCCCCC. The van der Waals surface area contributed by atoms with Crippen molar-refractivity contribution in [3.63, 3.8) is 0 Å². The van der Waals surface area contributed by atoms with E-state index in [-0.39, 0.29) is 12.8 Å². The molecule has 0 aromatic heterocycles. The molecule has 0 aromatic rings. The summed E-state index contributed by atoms with van der Waals surface area (Å²) < 4.78 is 29.2. The molecule has 0 spiro atoms. The largest absolute Gasteiger partial charge is 0.394 e. The van der Waals surface area contributed by atoms with Crippen LogP contribution in [0.2, 0.25) is 0 Å². The monoisotopic (exact) mass is 1050 g/mol. The minimum atomic E-state index is -2.92. The number of aliphatic hydroxyl groups is 12. The van der Waals surface area contributed by atoms with E-state index in [9.17, 15) is 66.1 Å². The van der Waals surface area contributed by atoms with Gasteiger partial charge in [-0.1, -0.05) is 181 Å². The Hall–Kier alpha value is -1.21. The van der Waals surface area contributed by atoms with Crippen LogP contribution in [0.5, 0.6) is 0 Å². The highest BCUT2D eigenvalue weighted by molar-refractivity contribution is 5.76. The molecule has 1 unspecified atom stereocenters. The molecule has 3 heterocycles. The maximum Gasteiger partial charge on any atom is 0.220 e. The van der Waals surface area contributed by atoms with Crippen LogP contribution in [0.15, 0.2) is 0 Å². The average Bonchev–Trinajstić information content (AvgIpc) is 3.38. The van der Waals surface area contributed by atoms with E-state index in [0.717, 1.165) is 51.4 Å². The minimum Gasteiger partial charge on any atom is -0.394 e. The Bertz CT molecular complexity index is 1400. The fourth-order valence-corrected chi connectivity index (χ4v) is 10.6. The summed E-state index contributed by atoms with van der Waals surface area (Å²) >= 11 is 0. The van der Waals surface area contributed by atoms with Crippen LogP contribution in [0, 0.1) is 0 Å². The van der Waals surface area contributed by atoms with E-state index >= 15 is 0 Å². The van der Waals surface area contributed by atoms with Crippen LogP contribution < -0.4 is 5.32 Å². The molecule has 3 aliphatic heterocycles. The van der Waals surface area contributed by atoms with Crippen LogP contribution in [0.4, 0.5) is 0 Å². The highest BCUT2D eigenvalue weighted by atomic mass is 16.7. The van der Waals surface area contributed by atoms with Gasteiger partial charge in [0, 0.05) is 6.42 Å². The van der Waals surface area contributed by atoms with Gasteiger partial charge in [-0.2, -0.15) is 0 Å². The summed E-state index contributed by atoms with van der Waals surface area (Å²) in [5, 5.41) is 135. The Morgan fingerprint density at radius 2 is 1.01 bits per heavy atom. The van der Waals surface area contributed by atoms with Crippen molar-refractivity contribution >= 4 is 5.91 Å². The predicted octanol–water partition coefficient (Wildman–Crippen LogP) is 3.43. The zero-order chi connectivity index (χ0) is 53.8. The first-order valence-corrected chi connectivity index (χ1v) is 28.7. The van der Waals surface area contributed by atoms with E-state index in [0.29, 0.717) is 12.8 Å². The van der Waals surface area contributed by atoms with E-state index in [1.807, 2.05) is 0 Å². The van der Waals surface area contributed by atoms with Gasteiger partial charge in [0.05, 0.1) is 38.1 Å². The van der Waals surface area contributed by atoms with Crippen molar-refractivity contribution in [1.29, 1.82) is 0 Å². The van der Waals surface area contributed by atoms with Crippen molar-refractivity contribution < 1.29 is 89.8 Å². The van der Waals surface area contributed by atoms with Crippen molar-refractivity contribution in [2.75, 3.05) is 19.8 Å². The Kier molecular flexibility index (Phi) is 33.3. The summed E-state index contributed by atoms with van der Waals surface area (Å²) in [7, 11) is 0. The number of aliphatic hydroxyl groups excluding tert-OH is 11. The molecular weight excluding hydrogens is 951 g/mol. The molecule has 19 nitrogen and oxygen atoms in total. The lowest BCUT2D eigenvalue weighted by Crippen LogP contribution is -2.78. The molecule has 3 saturated heterocycles. The lowest BCUT2D eigenvalue weighted by atomic mass is 9.74. The van der Waals surface area contributed by atoms with Gasteiger partial charge in [0.1, 0.15) is 73.2 Å². The topological polar surface area (TPSA) is 318 Å². The van der Waals surface area contributed by atoms with E-state index in [1.165, 1.54) is 116 Å². The van der Waals surface area contributed by atoms with Crippen molar-refractivity contribution in [2.24, 2.45) is 0 Å². The van der Waals surface area contributed by atoms with Crippen LogP contribution in [0.25, 0.3) is 0 Å². The third kappa shape index (κ3) is 21.5. The number of unbranched alkanes of at least 4 members (excludes halogenated alkanes) is 25. The molecule has 18 atom stereocenters. The van der Waals surface area contributed by atoms with Crippen LogP contribution in [0.3, 0.4) is 0 Å². The zero-order valence-corrected chi connectivity index (χ0v) is 44.8. The van der Waals surface area contributed by atoms with Gasteiger partial charge < -0.3 is 90.3 Å². The first kappa shape index (κ1) is 66.1. The Morgan fingerprint density at radius 3 is 1.49 bits per heavy atom. The van der Waals surface area contributed by atoms with Gasteiger partial charge in [0.2, 0.25) is 5.91 Å². The Balaban J connectivity index is 1.70. The highest BCUT2D eigenvalue weighted by Gasteiger charge is 2.66. The minimum absolute atomic E-state index is 0.135. The van der Waals surface area contributed by atoms with E-state index < -0.39 is 135 Å². The van der Waals surface area contributed by atoms with Gasteiger partial charge in [0.25, 0.3) is 0 Å². The summed E-state index contributed by atoms with van der Waals surface area (Å²) in [6.45, 7) is 3.21. The van der Waals surface area contributed by atoms with E-state index in [1.54, 1.807) is 0 Å². The van der Waals surface area contributed by atoms with Gasteiger partial charge in [0.15, 0.2) is 18.2 Å². The molecule has 73 heavy (non-hydrogen) atoms. The standard InChI is InChI=1S/C54H103NO18/c1-4-6-8-10-12-14-16-18-19-20-22-24-26-28-30-32-41(59)55-37(43(61)38(58)31-29-27-25-23-21-17-15-13-11-9-7-5-2)35-69-52-49(67)51(73-53-48(66)45(63)42(60)36(3)70-53)54(68,40(34-57)72-52)50-47(65)46(64)44(62)39(33-56)71-50/h36-40,42-53,56-58,60-68H,4-35H2,1-3H3,(H,55,59)/t36-,37+,38?,39-,40-,42+,43+,44+,45+,46+,47-,48-,49-,50-,51-,52-,53-,54+/m1/s1. The second-order valence-corrected chi connectivity index (χ2v) is 21.5. The number of hydrogen-bond donors (Lipinski definition) is 13. The normalized spacial score (nSPS) is 33.1. The maximum atomic E-state index is 13.5. The van der Waals surface area contributed by atoms with Crippen molar-refractivity contribution in [3.8, 4) is 0 Å². The number of carbonyl (C=O) groups excluding carboxylic acids is 1. The number of hydrogen-bond acceptors (Lipinski definition) is 18. The summed E-state index contributed by atoms with van der Waals surface area (Å²) in [6, 6.07) is -1.26. The number of ether oxygens (including phenoxy) is 5. The molecule has 19 heteroatoms. The lowest BCUT2D eigenvalue weighted by Gasteiger charge is -2.56. The summed E-state index contributed by atoms with van der Waals surface area (Å²) in [5.41, 5.74) is -2.92. The fraction of sp³-hybridized carbons (Fsp3) is 0.981. The van der Waals surface area contributed by atoms with Crippen LogP contribution in [-0.2, 0) is 28.5 Å². The molecular formula is C54H103NO18. The third-order valence-electron chi connectivity index (χ3n) is 15.4. The number of amides is 1. The predicted molar refractivity (Wildman–Crippen MR) is 273 cm³/mol. The van der Waals surface area contributed by atoms with Crippen molar-refractivity contribution in [2.45, 2.75) is 317 Å². The van der Waals surface area contributed by atoms with Crippen LogP contribution in [-0.4, -0.2) is 197 Å². The Labute approximate surface area is 436 Å². The molecule has 0 bridgehead atoms. The molecule has 432 valence electrons. The summed E-state index contributed by atoms with van der Waals surface area (Å²) in [6.07, 6.45) is 2.05. The van der Waals surface area contributed by atoms with Gasteiger partial charge in [-0.05, 0) is 19.8 Å². The van der Waals surface area contributed by atoms with E-state index in [4.69, 9.17) is 23.7 Å². The Morgan fingerprint density at radius 1 is 0.548 bits per heavy atom. The van der Waals surface area contributed by atoms with E-state index in [2.05, 4.69) is 19.2 Å². The molecule has 3 rings (SSSR count). The van der Waals surface area contributed by atoms with Crippen LogP contribution in [0.1, 0.15) is 207 Å². The molecule has 3 fully saturated rings. The first-order valence-electron chi connectivity index (χ1n) is 28.7. The van der Waals surface area contributed by atoms with Gasteiger partial charge in [-0.25, -0.2) is 0 Å². The average molecular weight is 1050 g/mol. The van der Waals surface area contributed by atoms with Crippen molar-refractivity contribution in [3.05, 3.63) is 0 Å². The molecule has 1 amide bonds. The first-order chi connectivity index (χ1) is 35.1. The molecule has 3 aliphatic rings. The molecule has 0 aromatic carbocycles. The van der Waals surface area contributed by atoms with Crippen molar-refractivity contribution in [1.82, 2.24) is 5.32 Å². The molecule has 0 radical (unpaired) electrons. The van der Waals surface area contributed by atoms with Gasteiger partial charge in [-0.15, -0.1) is 0 Å². The van der Waals surface area contributed by atoms with Gasteiger partial charge >= 0.3 is 0 Å². The molecule has 13 N–H and O–H groups in total. The maximum absolute atomic E-state index is 13.5. The molecule has 0 aliphatic carbocycles. The second-order valence-electron chi connectivity index (χ2n) is 21.5. The molecule has 0 saturated carbocycles. The number of rotatable bonds is 40. The summed E-state index contributed by atoms with van der Waals surface area (Å²) in [4.78, 5) is 13.5. The van der Waals surface area contributed by atoms with Gasteiger partial charge in [-0.3, -0.25) is 4.79 Å². The number of carbonyl (C=O) groups is 1. The zero-order valence-electron chi connectivity index (χ0n) is 44.8. The quantitative estimate of drug-likeness (QED) is 0.0391. The third-order valence-corrected chi connectivity index (χ3v) is 15.4. The second kappa shape index (κ2) is 36.8. The van der Waals surface area contributed by atoms with Crippen LogP contribution >= 0.6 is 0 Å². The smallest absolute Gasteiger partial charge is 0.220 e. The highest BCUT2D eigenvalue weighted by Crippen LogP contribution is 2.42. The fourth-order valence-electron chi connectivity index (χ4n) is 10.6.